The smallest absolute Gasteiger partial charge is 0.0900 e. The lowest BCUT2D eigenvalue weighted by Gasteiger charge is -2.14. The molecule has 0 aliphatic heterocycles. The van der Waals surface area contributed by atoms with Gasteiger partial charge < -0.3 is 5.32 Å². The van der Waals surface area contributed by atoms with Crippen molar-refractivity contribution in [3.05, 3.63) is 127 Å². The van der Waals surface area contributed by atoms with Crippen LogP contribution in [0.15, 0.2) is 116 Å². The number of hydrogen-bond acceptors (Lipinski definition) is 4. The maximum Gasteiger partial charge on any atom is 0.0900 e. The van der Waals surface area contributed by atoms with Crippen molar-refractivity contribution in [2.75, 3.05) is 0 Å². The standard InChI is InChI=1S/C29H24N4/c1-2-10-22(11-3-1)20-30-21-23-12-4-5-13-25(23)24-18-28(26-14-6-8-16-31-26)33-29(19-24)27-15-7-9-17-32-27/h1-19,30H,20-21H2. The zero-order valence-corrected chi connectivity index (χ0v) is 18.2. The van der Waals surface area contributed by atoms with Gasteiger partial charge in [0, 0.05) is 25.5 Å². The van der Waals surface area contributed by atoms with E-state index in [4.69, 9.17) is 4.98 Å². The second-order valence-corrected chi connectivity index (χ2v) is 7.80. The molecule has 160 valence electrons. The second kappa shape index (κ2) is 9.98. The van der Waals surface area contributed by atoms with Crippen LogP contribution in [0.25, 0.3) is 33.9 Å². The van der Waals surface area contributed by atoms with Crippen molar-refractivity contribution in [3.63, 3.8) is 0 Å². The molecular formula is C29H24N4. The summed E-state index contributed by atoms with van der Waals surface area (Å²) in [7, 11) is 0. The van der Waals surface area contributed by atoms with E-state index in [-0.39, 0.29) is 0 Å². The summed E-state index contributed by atoms with van der Waals surface area (Å²) in [4.78, 5) is 13.9. The van der Waals surface area contributed by atoms with Gasteiger partial charge in [0.05, 0.1) is 22.8 Å². The van der Waals surface area contributed by atoms with Crippen LogP contribution in [0.1, 0.15) is 11.1 Å². The Morgan fingerprint density at radius 3 is 1.79 bits per heavy atom. The summed E-state index contributed by atoms with van der Waals surface area (Å²) in [5.41, 5.74) is 8.14. The van der Waals surface area contributed by atoms with Crippen LogP contribution < -0.4 is 5.32 Å². The first-order valence-electron chi connectivity index (χ1n) is 11.0. The van der Waals surface area contributed by atoms with Gasteiger partial charge >= 0.3 is 0 Å². The fraction of sp³-hybridized carbons (Fsp3) is 0.0690. The summed E-state index contributed by atoms with van der Waals surface area (Å²) in [5.74, 6) is 0. The second-order valence-electron chi connectivity index (χ2n) is 7.80. The number of hydrogen-bond donors (Lipinski definition) is 1. The first kappa shape index (κ1) is 20.7. The van der Waals surface area contributed by atoms with E-state index in [1.807, 2.05) is 42.5 Å². The molecule has 0 fully saturated rings. The lowest BCUT2D eigenvalue weighted by atomic mass is 9.97. The molecule has 5 aromatic rings. The van der Waals surface area contributed by atoms with Gasteiger partial charge in [-0.05, 0) is 58.7 Å². The quantitative estimate of drug-likeness (QED) is 0.337. The van der Waals surface area contributed by atoms with Crippen LogP contribution >= 0.6 is 0 Å². The van der Waals surface area contributed by atoms with Gasteiger partial charge in [0.15, 0.2) is 0 Å². The molecule has 2 aromatic carbocycles. The Labute approximate surface area is 194 Å². The molecule has 0 bridgehead atoms. The molecule has 33 heavy (non-hydrogen) atoms. The van der Waals surface area contributed by atoms with Crippen LogP contribution in [-0.4, -0.2) is 15.0 Å². The molecule has 0 saturated carbocycles. The zero-order chi connectivity index (χ0) is 22.3. The van der Waals surface area contributed by atoms with Crippen LogP contribution in [-0.2, 0) is 13.1 Å². The predicted molar refractivity (Wildman–Crippen MR) is 133 cm³/mol. The van der Waals surface area contributed by atoms with Crippen molar-refractivity contribution in [1.29, 1.82) is 0 Å². The molecule has 3 aromatic heterocycles. The number of rotatable bonds is 7. The summed E-state index contributed by atoms with van der Waals surface area (Å²) in [5, 5.41) is 3.58. The minimum atomic E-state index is 0.769. The summed E-state index contributed by atoms with van der Waals surface area (Å²) in [6, 6.07) is 35.0. The SMILES string of the molecule is c1ccc(CNCc2ccccc2-c2cc(-c3ccccn3)nc(-c3ccccn3)c2)cc1. The first-order chi connectivity index (χ1) is 16.4. The molecule has 1 N–H and O–H groups in total. The Morgan fingerprint density at radius 1 is 0.545 bits per heavy atom. The fourth-order valence-corrected chi connectivity index (χ4v) is 3.87. The minimum absolute atomic E-state index is 0.769. The summed E-state index contributed by atoms with van der Waals surface area (Å²) in [6.07, 6.45) is 3.59. The largest absolute Gasteiger partial charge is 0.309 e. The number of nitrogens with zero attached hydrogens (tertiary/aromatic N) is 3. The van der Waals surface area contributed by atoms with Crippen molar-refractivity contribution in [2.24, 2.45) is 0 Å². The molecule has 4 nitrogen and oxygen atoms in total. The number of nitrogens with one attached hydrogen (secondary N) is 1. The van der Waals surface area contributed by atoms with E-state index in [0.717, 1.165) is 41.4 Å². The van der Waals surface area contributed by atoms with Gasteiger partial charge in [0.1, 0.15) is 0 Å². The molecule has 0 amide bonds. The molecular weight excluding hydrogens is 404 g/mol. The van der Waals surface area contributed by atoms with E-state index < -0.39 is 0 Å². The Hall–Kier alpha value is -4.15. The molecule has 0 radical (unpaired) electrons. The van der Waals surface area contributed by atoms with Crippen LogP contribution in [0.4, 0.5) is 0 Å². The van der Waals surface area contributed by atoms with Crippen molar-refractivity contribution < 1.29 is 0 Å². The average Bonchev–Trinajstić information content (AvgIpc) is 2.90. The van der Waals surface area contributed by atoms with E-state index in [9.17, 15) is 0 Å². The summed E-state index contributed by atoms with van der Waals surface area (Å²) < 4.78 is 0. The summed E-state index contributed by atoms with van der Waals surface area (Å²) in [6.45, 7) is 1.59. The molecule has 0 spiro atoms. The third-order valence-electron chi connectivity index (χ3n) is 5.50. The number of benzene rings is 2. The van der Waals surface area contributed by atoms with Crippen LogP contribution in [0.5, 0.6) is 0 Å². The molecule has 0 aliphatic rings. The molecule has 4 heteroatoms. The van der Waals surface area contributed by atoms with Crippen LogP contribution in [0.3, 0.4) is 0 Å². The van der Waals surface area contributed by atoms with E-state index in [2.05, 4.69) is 75.9 Å². The molecule has 5 rings (SSSR count). The molecule has 3 heterocycles. The van der Waals surface area contributed by atoms with Gasteiger partial charge in [0.2, 0.25) is 0 Å². The van der Waals surface area contributed by atoms with Gasteiger partial charge in [0.25, 0.3) is 0 Å². The highest BCUT2D eigenvalue weighted by molar-refractivity contribution is 5.76. The molecule has 0 aliphatic carbocycles. The third kappa shape index (κ3) is 5.03. The fourth-order valence-electron chi connectivity index (χ4n) is 3.87. The Balaban J connectivity index is 1.52. The van der Waals surface area contributed by atoms with E-state index in [1.54, 1.807) is 12.4 Å². The maximum absolute atomic E-state index is 4.89. The van der Waals surface area contributed by atoms with Gasteiger partial charge in [-0.15, -0.1) is 0 Å². The van der Waals surface area contributed by atoms with Crippen LogP contribution in [0.2, 0.25) is 0 Å². The Morgan fingerprint density at radius 2 is 1.15 bits per heavy atom. The molecule has 0 saturated heterocycles. The van der Waals surface area contributed by atoms with E-state index in [1.165, 1.54) is 16.7 Å². The first-order valence-corrected chi connectivity index (χ1v) is 11.0. The molecule has 0 atom stereocenters. The van der Waals surface area contributed by atoms with E-state index in [0.29, 0.717) is 0 Å². The van der Waals surface area contributed by atoms with Gasteiger partial charge in [-0.1, -0.05) is 66.7 Å². The van der Waals surface area contributed by atoms with Crippen molar-refractivity contribution in [3.8, 4) is 33.9 Å². The van der Waals surface area contributed by atoms with Crippen LogP contribution in [0, 0.1) is 0 Å². The Kier molecular flexibility index (Phi) is 6.27. The minimum Gasteiger partial charge on any atom is -0.309 e. The highest BCUT2D eigenvalue weighted by Gasteiger charge is 2.12. The average molecular weight is 429 g/mol. The number of pyridine rings is 3. The van der Waals surface area contributed by atoms with Crippen molar-refractivity contribution >= 4 is 0 Å². The molecule has 0 unspecified atom stereocenters. The van der Waals surface area contributed by atoms with Crippen molar-refractivity contribution in [2.45, 2.75) is 13.1 Å². The highest BCUT2D eigenvalue weighted by atomic mass is 14.8. The van der Waals surface area contributed by atoms with Gasteiger partial charge in [-0.3, -0.25) is 9.97 Å². The predicted octanol–water partition coefficient (Wildman–Crippen LogP) is 6.16. The highest BCUT2D eigenvalue weighted by Crippen LogP contribution is 2.30. The monoisotopic (exact) mass is 428 g/mol. The normalized spacial score (nSPS) is 10.8. The lowest BCUT2D eigenvalue weighted by molar-refractivity contribution is 0.694. The van der Waals surface area contributed by atoms with Gasteiger partial charge in [-0.2, -0.15) is 0 Å². The van der Waals surface area contributed by atoms with Gasteiger partial charge in [-0.25, -0.2) is 4.98 Å². The third-order valence-corrected chi connectivity index (χ3v) is 5.50. The maximum atomic E-state index is 4.89. The van der Waals surface area contributed by atoms with Crippen molar-refractivity contribution in [1.82, 2.24) is 20.3 Å². The zero-order valence-electron chi connectivity index (χ0n) is 18.2. The number of aromatic nitrogens is 3. The topological polar surface area (TPSA) is 50.7 Å². The lowest BCUT2D eigenvalue weighted by Crippen LogP contribution is -2.13. The summed E-state index contributed by atoms with van der Waals surface area (Å²) >= 11 is 0. The van der Waals surface area contributed by atoms with E-state index >= 15 is 0 Å². The Bertz CT molecular complexity index is 1260.